The third-order valence-corrected chi connectivity index (χ3v) is 2.51. The zero-order valence-electron chi connectivity index (χ0n) is 6.56. The third kappa shape index (κ3) is 2.59. The van der Waals surface area contributed by atoms with Gasteiger partial charge in [0.25, 0.3) is 10.0 Å². The van der Waals surface area contributed by atoms with Crippen LogP contribution in [0, 0.1) is 0 Å². The predicted octanol–water partition coefficient (Wildman–Crippen LogP) is -0.0303. The lowest BCUT2D eigenvalue weighted by atomic mass is 10.7. The Labute approximate surface area is 79.9 Å². The third-order valence-electron chi connectivity index (χ3n) is 1.10. The van der Waals surface area contributed by atoms with Gasteiger partial charge in [-0.3, -0.25) is 4.84 Å². The molecule has 0 unspecified atom stereocenters. The minimum Gasteiger partial charge on any atom is -0.290 e. The van der Waals surface area contributed by atoms with Gasteiger partial charge in [0.05, 0.1) is 19.5 Å². The maximum atomic E-state index is 11.2. The van der Waals surface area contributed by atoms with E-state index in [2.05, 4.69) is 14.8 Å². The van der Waals surface area contributed by atoms with Gasteiger partial charge >= 0.3 is 0 Å². The van der Waals surface area contributed by atoms with Crippen molar-refractivity contribution >= 4 is 21.6 Å². The first-order valence-corrected chi connectivity index (χ1v) is 4.95. The Morgan fingerprint density at radius 2 is 2.00 bits per heavy atom. The van der Waals surface area contributed by atoms with Crippen LogP contribution in [0.15, 0.2) is 17.3 Å². The molecule has 0 saturated heterocycles. The van der Waals surface area contributed by atoms with E-state index in [4.69, 9.17) is 11.6 Å². The van der Waals surface area contributed by atoms with Crippen LogP contribution in [0.25, 0.3) is 0 Å². The number of rotatable bonds is 3. The highest BCUT2D eigenvalue weighted by Gasteiger charge is 2.13. The summed E-state index contributed by atoms with van der Waals surface area (Å²) in [6, 6.07) is 0. The largest absolute Gasteiger partial charge is 0.290 e. The number of sulfonamides is 1. The Morgan fingerprint density at radius 3 is 2.46 bits per heavy atom. The summed E-state index contributed by atoms with van der Waals surface area (Å²) < 4.78 is 22.4. The minimum atomic E-state index is -3.68. The van der Waals surface area contributed by atoms with Crippen LogP contribution < -0.4 is 4.89 Å². The highest BCUT2D eigenvalue weighted by molar-refractivity contribution is 7.89. The molecular formula is C5H6ClN3O3S. The number of nitrogens with one attached hydrogen (secondary N) is 1. The Hall–Kier alpha value is -0.760. The van der Waals surface area contributed by atoms with Crippen molar-refractivity contribution in [3.05, 3.63) is 17.7 Å². The van der Waals surface area contributed by atoms with E-state index in [1.54, 1.807) is 4.89 Å². The van der Waals surface area contributed by atoms with E-state index < -0.39 is 10.0 Å². The van der Waals surface area contributed by atoms with E-state index in [0.717, 1.165) is 12.4 Å². The fraction of sp³-hybridized carbons (Fsp3) is 0.200. The van der Waals surface area contributed by atoms with Crippen LogP contribution in [-0.4, -0.2) is 25.5 Å². The molecule has 0 fully saturated rings. The molecule has 0 saturated carbocycles. The van der Waals surface area contributed by atoms with Crippen LogP contribution in [0.1, 0.15) is 0 Å². The van der Waals surface area contributed by atoms with E-state index in [1.165, 1.54) is 7.11 Å². The molecule has 0 bridgehead atoms. The predicted molar refractivity (Wildman–Crippen MR) is 44.4 cm³/mol. The molecule has 0 spiro atoms. The quantitative estimate of drug-likeness (QED) is 0.575. The van der Waals surface area contributed by atoms with Crippen LogP contribution in [0.3, 0.4) is 0 Å². The highest BCUT2D eigenvalue weighted by Crippen LogP contribution is 2.06. The molecule has 1 heterocycles. The first kappa shape index (κ1) is 10.3. The normalized spacial score (nSPS) is 11.5. The number of hydrogen-bond acceptors (Lipinski definition) is 5. The molecule has 0 atom stereocenters. The van der Waals surface area contributed by atoms with E-state index in [0.29, 0.717) is 0 Å². The lowest BCUT2D eigenvalue weighted by Gasteiger charge is -2.01. The van der Waals surface area contributed by atoms with Gasteiger partial charge < -0.3 is 0 Å². The van der Waals surface area contributed by atoms with E-state index in [1.807, 2.05) is 0 Å². The molecule has 1 rings (SSSR count). The monoisotopic (exact) mass is 223 g/mol. The summed E-state index contributed by atoms with van der Waals surface area (Å²) in [7, 11) is -2.49. The van der Waals surface area contributed by atoms with Gasteiger partial charge in [0.2, 0.25) is 5.28 Å². The molecule has 13 heavy (non-hydrogen) atoms. The van der Waals surface area contributed by atoms with Crippen molar-refractivity contribution in [2.24, 2.45) is 0 Å². The second kappa shape index (κ2) is 3.97. The van der Waals surface area contributed by atoms with Gasteiger partial charge in [-0.25, -0.2) is 18.4 Å². The van der Waals surface area contributed by atoms with Crippen molar-refractivity contribution in [1.82, 2.24) is 14.9 Å². The van der Waals surface area contributed by atoms with Crippen LogP contribution in [0.2, 0.25) is 5.28 Å². The topological polar surface area (TPSA) is 81.2 Å². The fourth-order valence-electron chi connectivity index (χ4n) is 0.597. The Bertz CT molecular complexity index is 377. The molecule has 0 aliphatic heterocycles. The molecule has 0 aromatic carbocycles. The zero-order valence-corrected chi connectivity index (χ0v) is 8.13. The number of aromatic nitrogens is 2. The first-order chi connectivity index (χ1) is 6.06. The van der Waals surface area contributed by atoms with Gasteiger partial charge in [-0.2, -0.15) is 0 Å². The van der Waals surface area contributed by atoms with E-state index in [-0.39, 0.29) is 10.2 Å². The maximum Gasteiger partial charge on any atom is 0.265 e. The molecule has 8 heteroatoms. The minimum absolute atomic E-state index is 0.0173. The van der Waals surface area contributed by atoms with Crippen LogP contribution in [-0.2, 0) is 14.9 Å². The molecule has 0 aliphatic carbocycles. The van der Waals surface area contributed by atoms with Gasteiger partial charge in [-0.1, -0.05) is 4.89 Å². The summed E-state index contributed by atoms with van der Waals surface area (Å²) >= 11 is 5.37. The van der Waals surface area contributed by atoms with Crippen molar-refractivity contribution in [3.8, 4) is 0 Å². The van der Waals surface area contributed by atoms with Crippen LogP contribution >= 0.6 is 11.6 Å². The zero-order chi connectivity index (χ0) is 9.90. The number of hydrogen-bond donors (Lipinski definition) is 1. The van der Waals surface area contributed by atoms with Gasteiger partial charge in [-0.15, -0.1) is 0 Å². The maximum absolute atomic E-state index is 11.2. The molecule has 72 valence electrons. The highest BCUT2D eigenvalue weighted by atomic mass is 35.5. The number of nitrogens with zero attached hydrogens (tertiary/aromatic N) is 2. The molecule has 6 nitrogen and oxygen atoms in total. The summed E-state index contributed by atoms with van der Waals surface area (Å²) in [5.74, 6) is 0. The summed E-state index contributed by atoms with van der Waals surface area (Å²) in [6.45, 7) is 0. The Kier molecular flexibility index (Phi) is 3.15. The molecular weight excluding hydrogens is 218 g/mol. The lowest BCUT2D eigenvalue weighted by Crippen LogP contribution is -2.22. The van der Waals surface area contributed by atoms with Gasteiger partial charge in [-0.05, 0) is 11.6 Å². The Balaban J connectivity index is 3.02. The molecule has 1 aromatic rings. The summed E-state index contributed by atoms with van der Waals surface area (Å²) in [5, 5.41) is -0.0173. The fourth-order valence-corrected chi connectivity index (χ4v) is 1.39. The second-order valence-electron chi connectivity index (χ2n) is 1.98. The molecule has 0 radical (unpaired) electrons. The SMILES string of the molecule is CONS(=O)(=O)c1cnc(Cl)nc1. The molecule has 0 amide bonds. The van der Waals surface area contributed by atoms with Crippen molar-refractivity contribution < 1.29 is 13.3 Å². The average Bonchev–Trinajstić information content (AvgIpc) is 2.05. The van der Waals surface area contributed by atoms with Gasteiger partial charge in [0, 0.05) is 0 Å². The van der Waals surface area contributed by atoms with E-state index in [9.17, 15) is 8.42 Å². The number of halogens is 1. The lowest BCUT2D eigenvalue weighted by molar-refractivity contribution is 0.153. The average molecular weight is 224 g/mol. The van der Waals surface area contributed by atoms with Crippen LogP contribution in [0.5, 0.6) is 0 Å². The van der Waals surface area contributed by atoms with Crippen molar-refractivity contribution in [1.29, 1.82) is 0 Å². The van der Waals surface area contributed by atoms with Crippen molar-refractivity contribution in [2.75, 3.05) is 7.11 Å². The molecule has 1 aromatic heterocycles. The van der Waals surface area contributed by atoms with Gasteiger partial charge in [0.1, 0.15) is 4.90 Å². The van der Waals surface area contributed by atoms with Gasteiger partial charge in [0.15, 0.2) is 0 Å². The van der Waals surface area contributed by atoms with E-state index >= 15 is 0 Å². The van der Waals surface area contributed by atoms with Crippen LogP contribution in [0.4, 0.5) is 0 Å². The molecule has 0 aliphatic rings. The summed E-state index contributed by atoms with van der Waals surface area (Å²) in [4.78, 5) is 13.0. The van der Waals surface area contributed by atoms with Crippen molar-refractivity contribution in [3.63, 3.8) is 0 Å². The molecule has 1 N–H and O–H groups in total. The standard InChI is InChI=1S/C5H6ClN3O3S/c1-12-9-13(10,11)4-2-7-5(6)8-3-4/h2-3,9H,1H3. The Morgan fingerprint density at radius 1 is 1.46 bits per heavy atom. The summed E-state index contributed by atoms with van der Waals surface area (Å²) in [6.07, 6.45) is 2.16. The van der Waals surface area contributed by atoms with Crippen molar-refractivity contribution in [2.45, 2.75) is 4.90 Å². The second-order valence-corrected chi connectivity index (χ2v) is 3.96. The summed E-state index contributed by atoms with van der Waals surface area (Å²) in [5.41, 5.74) is 0. The first-order valence-electron chi connectivity index (χ1n) is 3.08. The smallest absolute Gasteiger partial charge is 0.265 e.